The maximum Gasteiger partial charge on any atom is 0.115 e. The van der Waals surface area contributed by atoms with Crippen molar-refractivity contribution in [3.8, 4) is 0 Å². The number of epoxide rings is 1. The summed E-state index contributed by atoms with van der Waals surface area (Å²) >= 11 is 5.13. The first kappa shape index (κ1) is 5.89. The van der Waals surface area contributed by atoms with Crippen molar-refractivity contribution >= 4 is 27.3 Å². The van der Waals surface area contributed by atoms with Crippen molar-refractivity contribution in [1.29, 1.82) is 0 Å². The maximum atomic E-state index is 5.10. The third kappa shape index (κ3) is 1.18. The van der Waals surface area contributed by atoms with Crippen LogP contribution in [0.1, 0.15) is 11.0 Å². The van der Waals surface area contributed by atoms with Gasteiger partial charge in [0.05, 0.1) is 6.61 Å². The van der Waals surface area contributed by atoms with Crippen LogP contribution < -0.4 is 0 Å². The van der Waals surface area contributed by atoms with E-state index < -0.39 is 0 Å². The molecule has 1 aliphatic rings. The van der Waals surface area contributed by atoms with E-state index in [1.807, 2.05) is 0 Å². The summed E-state index contributed by atoms with van der Waals surface area (Å²) in [5.41, 5.74) is 0. The van der Waals surface area contributed by atoms with Crippen LogP contribution in [0.25, 0.3) is 0 Å². The van der Waals surface area contributed by atoms with Crippen LogP contribution in [0, 0.1) is 0 Å². The van der Waals surface area contributed by atoms with Gasteiger partial charge in [-0.2, -0.15) is 0 Å². The zero-order valence-corrected chi connectivity index (χ0v) is 7.04. The highest BCUT2D eigenvalue weighted by atomic mass is 79.9. The molecule has 48 valence electrons. The second-order valence-corrected chi connectivity index (χ2v) is 3.85. The molecule has 0 aromatic carbocycles. The molecule has 2 heterocycles. The molecule has 0 radical (unpaired) electrons. The maximum absolute atomic E-state index is 5.10. The molecule has 0 spiro atoms. The van der Waals surface area contributed by atoms with Gasteiger partial charge in [-0.25, -0.2) is 0 Å². The lowest BCUT2D eigenvalue weighted by Crippen LogP contribution is -1.66. The fourth-order valence-corrected chi connectivity index (χ4v) is 2.19. The molecule has 1 atom stereocenters. The highest BCUT2D eigenvalue weighted by Crippen LogP contribution is 2.35. The quantitative estimate of drug-likeness (QED) is 0.642. The van der Waals surface area contributed by atoms with Crippen molar-refractivity contribution in [2.24, 2.45) is 0 Å². The zero-order chi connectivity index (χ0) is 6.27. The molecule has 3 heteroatoms. The molecule has 0 aliphatic carbocycles. The lowest BCUT2D eigenvalue weighted by Gasteiger charge is -1.79. The van der Waals surface area contributed by atoms with Crippen molar-refractivity contribution in [1.82, 2.24) is 0 Å². The Labute approximate surface area is 65.8 Å². The Kier molecular flexibility index (Phi) is 1.36. The SMILES string of the molecule is Brc1csc([C@H]2CO2)c1. The molecule has 2 rings (SSSR count). The smallest absolute Gasteiger partial charge is 0.115 e. The number of ether oxygens (including phenoxy) is 1. The van der Waals surface area contributed by atoms with Gasteiger partial charge in [0.25, 0.3) is 0 Å². The molecule has 0 N–H and O–H groups in total. The van der Waals surface area contributed by atoms with E-state index >= 15 is 0 Å². The van der Waals surface area contributed by atoms with Gasteiger partial charge in [-0.1, -0.05) is 0 Å². The Bertz CT molecular complexity index is 217. The predicted molar refractivity (Wildman–Crippen MR) is 40.7 cm³/mol. The molecule has 1 aliphatic heterocycles. The van der Waals surface area contributed by atoms with Crippen molar-refractivity contribution in [2.75, 3.05) is 6.61 Å². The molecule has 0 unspecified atom stereocenters. The average molecular weight is 205 g/mol. The summed E-state index contributed by atoms with van der Waals surface area (Å²) < 4.78 is 6.26. The number of hydrogen-bond acceptors (Lipinski definition) is 2. The van der Waals surface area contributed by atoms with Crippen molar-refractivity contribution in [2.45, 2.75) is 6.10 Å². The molecule has 1 aromatic heterocycles. The third-order valence-electron chi connectivity index (χ3n) is 1.24. The minimum absolute atomic E-state index is 0.418. The molecule has 0 amide bonds. The summed E-state index contributed by atoms with van der Waals surface area (Å²) in [5.74, 6) is 0. The van der Waals surface area contributed by atoms with Gasteiger partial charge in [0, 0.05) is 14.7 Å². The van der Waals surface area contributed by atoms with E-state index in [1.165, 1.54) is 4.88 Å². The summed E-state index contributed by atoms with van der Waals surface area (Å²) in [6.45, 7) is 0.910. The van der Waals surface area contributed by atoms with E-state index in [4.69, 9.17) is 4.74 Å². The topological polar surface area (TPSA) is 12.5 Å². The fraction of sp³-hybridized carbons (Fsp3) is 0.333. The predicted octanol–water partition coefficient (Wildman–Crippen LogP) is 2.58. The van der Waals surface area contributed by atoms with Crippen LogP contribution in [0.5, 0.6) is 0 Å². The summed E-state index contributed by atoms with van der Waals surface area (Å²) in [4.78, 5) is 1.34. The molecule has 0 saturated carbocycles. The van der Waals surface area contributed by atoms with Crippen LogP contribution in [0.3, 0.4) is 0 Å². The van der Waals surface area contributed by atoms with Gasteiger partial charge in [0.2, 0.25) is 0 Å². The lowest BCUT2D eigenvalue weighted by molar-refractivity contribution is 0.418. The van der Waals surface area contributed by atoms with Crippen LogP contribution in [0.15, 0.2) is 15.9 Å². The van der Waals surface area contributed by atoms with Crippen molar-refractivity contribution in [3.05, 3.63) is 20.8 Å². The lowest BCUT2D eigenvalue weighted by atomic mass is 10.4. The van der Waals surface area contributed by atoms with Crippen LogP contribution in [-0.2, 0) is 4.74 Å². The second-order valence-electron chi connectivity index (χ2n) is 1.99. The van der Waals surface area contributed by atoms with Gasteiger partial charge in [-0.15, -0.1) is 11.3 Å². The number of halogens is 1. The Balaban J connectivity index is 2.28. The first-order chi connectivity index (χ1) is 4.36. The summed E-state index contributed by atoms with van der Waals surface area (Å²) in [7, 11) is 0. The minimum Gasteiger partial charge on any atom is -0.367 e. The minimum atomic E-state index is 0.418. The van der Waals surface area contributed by atoms with Crippen LogP contribution in [0.2, 0.25) is 0 Å². The zero-order valence-electron chi connectivity index (χ0n) is 4.63. The normalized spacial score (nSPS) is 24.3. The number of thiophene rings is 1. The molecule has 1 nitrogen and oxygen atoms in total. The van der Waals surface area contributed by atoms with Gasteiger partial charge < -0.3 is 4.74 Å². The average Bonchev–Trinajstić information content (AvgIpc) is 2.58. The van der Waals surface area contributed by atoms with Crippen molar-refractivity contribution < 1.29 is 4.74 Å². The van der Waals surface area contributed by atoms with Crippen LogP contribution >= 0.6 is 27.3 Å². The number of hydrogen-bond donors (Lipinski definition) is 0. The Morgan fingerprint density at radius 1 is 1.78 bits per heavy atom. The number of rotatable bonds is 1. The first-order valence-electron chi connectivity index (χ1n) is 2.72. The molecule has 1 saturated heterocycles. The molecule has 1 aromatic rings. The molecular weight excluding hydrogens is 200 g/mol. The van der Waals surface area contributed by atoms with E-state index in [2.05, 4.69) is 27.4 Å². The highest BCUT2D eigenvalue weighted by Gasteiger charge is 2.25. The van der Waals surface area contributed by atoms with Gasteiger partial charge >= 0.3 is 0 Å². The first-order valence-corrected chi connectivity index (χ1v) is 4.39. The van der Waals surface area contributed by atoms with Gasteiger partial charge in [0.1, 0.15) is 6.10 Å². The Morgan fingerprint density at radius 2 is 2.56 bits per heavy atom. The molecule has 0 bridgehead atoms. The largest absolute Gasteiger partial charge is 0.367 e. The van der Waals surface area contributed by atoms with Gasteiger partial charge in [-0.3, -0.25) is 0 Å². The fourth-order valence-electron chi connectivity index (χ4n) is 0.709. The van der Waals surface area contributed by atoms with Crippen LogP contribution in [0.4, 0.5) is 0 Å². The van der Waals surface area contributed by atoms with E-state index in [0.29, 0.717) is 6.10 Å². The second kappa shape index (κ2) is 2.08. The standard InChI is InChI=1S/C6H5BrOS/c7-4-1-6(9-3-4)5-2-8-5/h1,3,5H,2H2/t5-/m1/s1. The summed E-state index contributed by atoms with van der Waals surface area (Å²) in [5, 5.41) is 2.08. The molecular formula is C6H5BrOS. The monoisotopic (exact) mass is 204 g/mol. The van der Waals surface area contributed by atoms with Gasteiger partial charge in [0.15, 0.2) is 0 Å². The third-order valence-corrected chi connectivity index (χ3v) is 3.02. The van der Waals surface area contributed by atoms with Crippen LogP contribution in [-0.4, -0.2) is 6.61 Å². The van der Waals surface area contributed by atoms with Gasteiger partial charge in [-0.05, 0) is 22.0 Å². The van der Waals surface area contributed by atoms with E-state index in [0.717, 1.165) is 11.1 Å². The van der Waals surface area contributed by atoms with E-state index in [1.54, 1.807) is 11.3 Å². The summed E-state index contributed by atoms with van der Waals surface area (Å²) in [6.07, 6.45) is 0.418. The van der Waals surface area contributed by atoms with E-state index in [-0.39, 0.29) is 0 Å². The summed E-state index contributed by atoms with van der Waals surface area (Å²) in [6, 6.07) is 2.11. The van der Waals surface area contributed by atoms with Crippen molar-refractivity contribution in [3.63, 3.8) is 0 Å². The molecule has 9 heavy (non-hydrogen) atoms. The molecule has 1 fully saturated rings. The van der Waals surface area contributed by atoms with E-state index in [9.17, 15) is 0 Å². The Morgan fingerprint density at radius 3 is 3.00 bits per heavy atom. The highest BCUT2D eigenvalue weighted by molar-refractivity contribution is 9.10. The Hall–Kier alpha value is 0.140.